The summed E-state index contributed by atoms with van der Waals surface area (Å²) < 4.78 is 0. The zero-order valence-corrected chi connectivity index (χ0v) is 10.7. The van der Waals surface area contributed by atoms with Crippen molar-refractivity contribution in [3.05, 3.63) is 16.0 Å². The molecule has 5 heteroatoms. The van der Waals surface area contributed by atoms with Crippen LogP contribution >= 0.6 is 11.3 Å². The van der Waals surface area contributed by atoms with Gasteiger partial charge in [0.05, 0.1) is 15.4 Å². The number of nitrogen functional groups attached to an aromatic ring is 1. The third-order valence-electron chi connectivity index (χ3n) is 2.14. The van der Waals surface area contributed by atoms with Crippen LogP contribution in [0.3, 0.4) is 0 Å². The van der Waals surface area contributed by atoms with Crippen molar-refractivity contribution in [2.45, 2.75) is 33.7 Å². The van der Waals surface area contributed by atoms with Gasteiger partial charge in [0.25, 0.3) is 5.91 Å². The molecule has 1 rings (SSSR count). The van der Waals surface area contributed by atoms with Crippen molar-refractivity contribution in [2.24, 2.45) is 0 Å². The van der Waals surface area contributed by atoms with E-state index in [4.69, 9.17) is 5.73 Å². The molecule has 1 aromatic heterocycles. The second-order valence-electron chi connectivity index (χ2n) is 3.98. The number of carbonyl (C=O) groups excluding carboxylic acids is 2. The van der Waals surface area contributed by atoms with Gasteiger partial charge in [-0.25, -0.2) is 0 Å². The van der Waals surface area contributed by atoms with E-state index >= 15 is 0 Å². The maximum atomic E-state index is 11.8. The van der Waals surface area contributed by atoms with Crippen LogP contribution in [0, 0.1) is 6.92 Å². The van der Waals surface area contributed by atoms with Crippen LogP contribution in [0.15, 0.2) is 0 Å². The average molecular weight is 240 g/mol. The number of thiophene rings is 1. The molecule has 1 amide bonds. The quantitative estimate of drug-likeness (QED) is 0.793. The predicted molar refractivity (Wildman–Crippen MR) is 66.1 cm³/mol. The largest absolute Gasteiger partial charge is 0.390 e. The van der Waals surface area contributed by atoms with Gasteiger partial charge in [-0.05, 0) is 33.3 Å². The molecule has 0 aliphatic carbocycles. The van der Waals surface area contributed by atoms with Crippen LogP contribution in [0.4, 0.5) is 5.00 Å². The number of hydrogen-bond donors (Lipinski definition) is 2. The van der Waals surface area contributed by atoms with E-state index in [-0.39, 0.29) is 17.7 Å². The Kier molecular flexibility index (Phi) is 3.70. The third-order valence-corrected chi connectivity index (χ3v) is 3.36. The number of nitrogens with one attached hydrogen (secondary N) is 1. The van der Waals surface area contributed by atoms with Crippen LogP contribution < -0.4 is 11.1 Å². The van der Waals surface area contributed by atoms with Crippen LogP contribution in [-0.2, 0) is 0 Å². The maximum Gasteiger partial charge on any atom is 0.254 e. The monoisotopic (exact) mass is 240 g/mol. The Bertz CT molecular complexity index is 435. The van der Waals surface area contributed by atoms with Gasteiger partial charge < -0.3 is 11.1 Å². The van der Waals surface area contributed by atoms with E-state index < -0.39 is 0 Å². The molecule has 88 valence electrons. The summed E-state index contributed by atoms with van der Waals surface area (Å²) in [7, 11) is 0. The number of hydrogen-bond acceptors (Lipinski definition) is 4. The number of carbonyl (C=O) groups is 2. The molecule has 1 heterocycles. The molecule has 0 bridgehead atoms. The molecule has 4 nitrogen and oxygen atoms in total. The summed E-state index contributed by atoms with van der Waals surface area (Å²) in [6.07, 6.45) is 0. The summed E-state index contributed by atoms with van der Waals surface area (Å²) in [6.45, 7) is 6.98. The molecule has 0 atom stereocenters. The van der Waals surface area contributed by atoms with Crippen LogP contribution in [0.1, 0.15) is 46.4 Å². The first-order valence-electron chi connectivity index (χ1n) is 5.05. The van der Waals surface area contributed by atoms with Gasteiger partial charge in [-0.15, -0.1) is 11.3 Å². The molecule has 3 N–H and O–H groups in total. The fourth-order valence-electron chi connectivity index (χ4n) is 1.49. The summed E-state index contributed by atoms with van der Waals surface area (Å²) in [6, 6.07) is 0.0481. The zero-order valence-electron chi connectivity index (χ0n) is 9.88. The lowest BCUT2D eigenvalue weighted by molar-refractivity contribution is 0.0944. The van der Waals surface area contributed by atoms with Crippen molar-refractivity contribution >= 4 is 28.0 Å². The number of anilines is 1. The molecule has 0 fully saturated rings. The van der Waals surface area contributed by atoms with Gasteiger partial charge >= 0.3 is 0 Å². The Morgan fingerprint density at radius 1 is 1.38 bits per heavy atom. The highest BCUT2D eigenvalue weighted by Crippen LogP contribution is 2.30. The molecule has 0 unspecified atom stereocenters. The molecule has 1 aromatic rings. The fourth-order valence-corrected chi connectivity index (χ4v) is 2.45. The first kappa shape index (κ1) is 12.7. The van der Waals surface area contributed by atoms with Crippen molar-refractivity contribution in [3.63, 3.8) is 0 Å². The van der Waals surface area contributed by atoms with Gasteiger partial charge in [-0.3, -0.25) is 9.59 Å². The maximum absolute atomic E-state index is 11.8. The molecular weight excluding hydrogens is 224 g/mol. The van der Waals surface area contributed by atoms with Gasteiger partial charge in [-0.1, -0.05) is 0 Å². The van der Waals surface area contributed by atoms with Crippen molar-refractivity contribution in [1.82, 2.24) is 5.32 Å². The van der Waals surface area contributed by atoms with Crippen molar-refractivity contribution in [3.8, 4) is 0 Å². The number of amides is 1. The lowest BCUT2D eigenvalue weighted by Gasteiger charge is -2.08. The zero-order chi connectivity index (χ0) is 12.5. The van der Waals surface area contributed by atoms with E-state index in [2.05, 4.69) is 5.32 Å². The molecule has 0 aliphatic rings. The second-order valence-corrected chi connectivity index (χ2v) is 5.03. The summed E-state index contributed by atoms with van der Waals surface area (Å²) in [4.78, 5) is 23.7. The molecule has 0 saturated carbocycles. The minimum atomic E-state index is -0.214. The molecule has 0 saturated heterocycles. The van der Waals surface area contributed by atoms with Gasteiger partial charge in [0.1, 0.15) is 0 Å². The van der Waals surface area contributed by atoms with Crippen molar-refractivity contribution in [2.75, 3.05) is 5.73 Å². The first-order chi connectivity index (χ1) is 7.34. The van der Waals surface area contributed by atoms with Crippen LogP contribution in [0.2, 0.25) is 0 Å². The number of Topliss-reactive ketones (excluding diaryl/α,β-unsaturated/α-hetero) is 1. The first-order valence-corrected chi connectivity index (χ1v) is 5.87. The van der Waals surface area contributed by atoms with E-state index in [9.17, 15) is 9.59 Å². The van der Waals surface area contributed by atoms with E-state index in [1.807, 2.05) is 13.8 Å². The number of ketones is 1. The van der Waals surface area contributed by atoms with E-state index in [1.165, 1.54) is 18.3 Å². The summed E-state index contributed by atoms with van der Waals surface area (Å²) in [5, 5.41) is 3.17. The highest BCUT2D eigenvalue weighted by atomic mass is 32.1. The minimum Gasteiger partial charge on any atom is -0.390 e. The van der Waals surface area contributed by atoms with E-state index in [0.717, 1.165) is 0 Å². The summed E-state index contributed by atoms with van der Waals surface area (Å²) in [5.41, 5.74) is 6.87. The van der Waals surface area contributed by atoms with E-state index in [0.29, 0.717) is 21.0 Å². The minimum absolute atomic E-state index is 0.0481. The average Bonchev–Trinajstić information content (AvgIpc) is 2.40. The Hall–Kier alpha value is -1.36. The third kappa shape index (κ3) is 2.41. The van der Waals surface area contributed by atoms with Crippen molar-refractivity contribution < 1.29 is 9.59 Å². The SMILES string of the molecule is CC(=O)c1sc(N)c(C(=O)NC(C)C)c1C. The van der Waals surface area contributed by atoms with Gasteiger partial charge in [0, 0.05) is 6.04 Å². The summed E-state index contributed by atoms with van der Waals surface area (Å²) >= 11 is 1.17. The van der Waals surface area contributed by atoms with Gasteiger partial charge in [0.15, 0.2) is 5.78 Å². The highest BCUT2D eigenvalue weighted by Gasteiger charge is 2.21. The number of rotatable bonds is 3. The fraction of sp³-hybridized carbons (Fsp3) is 0.455. The lowest BCUT2D eigenvalue weighted by Crippen LogP contribution is -2.30. The van der Waals surface area contributed by atoms with Crippen LogP contribution in [0.5, 0.6) is 0 Å². The summed E-state index contributed by atoms with van der Waals surface area (Å²) in [5.74, 6) is -0.272. The molecule has 0 aliphatic heterocycles. The molecule has 0 radical (unpaired) electrons. The van der Waals surface area contributed by atoms with Crippen LogP contribution in [-0.4, -0.2) is 17.7 Å². The second kappa shape index (κ2) is 4.65. The normalized spacial score (nSPS) is 10.6. The highest BCUT2D eigenvalue weighted by molar-refractivity contribution is 7.18. The van der Waals surface area contributed by atoms with Crippen molar-refractivity contribution in [1.29, 1.82) is 0 Å². The Morgan fingerprint density at radius 3 is 2.31 bits per heavy atom. The Morgan fingerprint density at radius 2 is 1.94 bits per heavy atom. The van der Waals surface area contributed by atoms with Gasteiger partial charge in [-0.2, -0.15) is 0 Å². The van der Waals surface area contributed by atoms with Crippen LogP contribution in [0.25, 0.3) is 0 Å². The molecule has 0 spiro atoms. The molecule has 16 heavy (non-hydrogen) atoms. The van der Waals surface area contributed by atoms with E-state index in [1.54, 1.807) is 6.92 Å². The van der Waals surface area contributed by atoms with Gasteiger partial charge in [0.2, 0.25) is 0 Å². The topological polar surface area (TPSA) is 72.2 Å². The standard InChI is InChI=1S/C11H16N2O2S/c1-5(2)13-11(15)8-6(3)9(7(4)14)16-10(8)12/h5H,12H2,1-4H3,(H,13,15). The molecule has 0 aromatic carbocycles. The predicted octanol–water partition coefficient (Wildman–Crippen LogP) is 1.98. The Balaban J connectivity index is 3.14. The lowest BCUT2D eigenvalue weighted by atomic mass is 10.1. The molecular formula is C11H16N2O2S. The number of nitrogens with two attached hydrogens (primary N) is 1. The Labute approximate surface area is 98.8 Å². The smallest absolute Gasteiger partial charge is 0.254 e.